The summed E-state index contributed by atoms with van der Waals surface area (Å²) in [6.07, 6.45) is 5.23. The van der Waals surface area contributed by atoms with Crippen LogP contribution in [-0.2, 0) is 4.79 Å². The minimum Gasteiger partial charge on any atom is -0.355 e. The van der Waals surface area contributed by atoms with E-state index in [4.69, 9.17) is 11.6 Å². The molecule has 0 bridgehead atoms. The van der Waals surface area contributed by atoms with Gasteiger partial charge in [-0.25, -0.2) is 0 Å². The molecule has 0 aliphatic heterocycles. The number of carbonyl (C=O) groups is 3. The second-order valence-corrected chi connectivity index (χ2v) is 9.69. The van der Waals surface area contributed by atoms with Crippen LogP contribution in [0.2, 0.25) is 4.34 Å². The van der Waals surface area contributed by atoms with Crippen LogP contribution in [0.1, 0.15) is 52.1 Å². The maximum atomic E-state index is 13.0. The number of nitrogens with one attached hydrogen (secondary N) is 3. The van der Waals surface area contributed by atoms with Gasteiger partial charge in [0.2, 0.25) is 5.91 Å². The van der Waals surface area contributed by atoms with E-state index in [9.17, 15) is 14.4 Å². The van der Waals surface area contributed by atoms with Crippen LogP contribution >= 0.6 is 22.9 Å². The Hall–Kier alpha value is -2.84. The molecule has 0 saturated heterocycles. The fourth-order valence-corrected chi connectivity index (χ4v) is 5.15. The van der Waals surface area contributed by atoms with Gasteiger partial charge in [-0.2, -0.15) is 0 Å². The number of aromatic nitrogens is 1. The van der Waals surface area contributed by atoms with E-state index in [1.807, 2.05) is 12.1 Å². The molecule has 1 aliphatic carbocycles. The number of hydrogen-bond donors (Lipinski definition) is 3. The van der Waals surface area contributed by atoms with Gasteiger partial charge < -0.3 is 20.5 Å². The van der Waals surface area contributed by atoms with Crippen molar-refractivity contribution >= 4 is 63.1 Å². The van der Waals surface area contributed by atoms with Gasteiger partial charge in [0.05, 0.1) is 14.8 Å². The van der Waals surface area contributed by atoms with Crippen LogP contribution in [0.3, 0.4) is 0 Å². The first-order valence-corrected chi connectivity index (χ1v) is 11.8. The van der Waals surface area contributed by atoms with Crippen LogP contribution in [0.4, 0.5) is 11.5 Å². The molecular formula is C23H25ClN4O3S. The zero-order chi connectivity index (χ0) is 22.8. The van der Waals surface area contributed by atoms with Crippen molar-refractivity contribution in [1.82, 2.24) is 10.3 Å². The molecule has 1 aromatic carbocycles. The highest BCUT2D eigenvalue weighted by molar-refractivity contribution is 7.18. The predicted octanol–water partition coefficient (Wildman–Crippen LogP) is 5.04. The Balaban J connectivity index is 1.66. The van der Waals surface area contributed by atoms with Crippen molar-refractivity contribution < 1.29 is 14.4 Å². The maximum absolute atomic E-state index is 13.0. The summed E-state index contributed by atoms with van der Waals surface area (Å²) in [6.45, 7) is 0. The van der Waals surface area contributed by atoms with Gasteiger partial charge in [0.1, 0.15) is 5.82 Å². The van der Waals surface area contributed by atoms with Crippen molar-refractivity contribution in [3.05, 3.63) is 45.1 Å². The molecule has 9 heteroatoms. The molecule has 7 nitrogen and oxygen atoms in total. The topological polar surface area (TPSA) is 94.3 Å². The predicted molar refractivity (Wildman–Crippen MR) is 129 cm³/mol. The van der Waals surface area contributed by atoms with E-state index in [1.54, 1.807) is 30.1 Å². The lowest BCUT2D eigenvalue weighted by atomic mass is 9.88. The minimum absolute atomic E-state index is 0.0574. The van der Waals surface area contributed by atoms with Crippen molar-refractivity contribution in [2.45, 2.75) is 32.1 Å². The summed E-state index contributed by atoms with van der Waals surface area (Å²) in [5.41, 5.74) is 1.73. The van der Waals surface area contributed by atoms with Gasteiger partial charge in [0.25, 0.3) is 11.8 Å². The number of fused-ring (bicyclic) bond motifs is 1. The summed E-state index contributed by atoms with van der Waals surface area (Å²) in [7, 11) is 3.32. The third-order valence-corrected chi connectivity index (χ3v) is 7.17. The summed E-state index contributed by atoms with van der Waals surface area (Å²) < 4.78 is 0.508. The third kappa shape index (κ3) is 4.38. The molecule has 0 spiro atoms. The molecule has 3 aromatic rings. The number of hydrogen-bond acceptors (Lipinski definition) is 4. The Kier molecular flexibility index (Phi) is 6.53. The molecule has 3 N–H and O–H groups in total. The molecule has 1 aliphatic rings. The molecule has 1 fully saturated rings. The molecule has 0 unspecified atom stereocenters. The number of nitrogens with zero attached hydrogens (tertiary/aromatic N) is 1. The molecule has 3 amide bonds. The second kappa shape index (κ2) is 9.34. The van der Waals surface area contributed by atoms with Crippen LogP contribution in [0.25, 0.3) is 10.9 Å². The van der Waals surface area contributed by atoms with Crippen molar-refractivity contribution in [3.8, 4) is 0 Å². The molecule has 1 saturated carbocycles. The zero-order valence-electron chi connectivity index (χ0n) is 18.0. The van der Waals surface area contributed by atoms with Crippen LogP contribution in [-0.4, -0.2) is 36.8 Å². The van der Waals surface area contributed by atoms with Crippen LogP contribution in [0.5, 0.6) is 0 Å². The molecule has 0 atom stereocenters. The largest absolute Gasteiger partial charge is 0.355 e. The fraction of sp³-hybridized carbons (Fsp3) is 0.348. The van der Waals surface area contributed by atoms with E-state index in [1.165, 1.54) is 13.5 Å². The average molecular weight is 473 g/mol. The van der Waals surface area contributed by atoms with Gasteiger partial charge in [0.15, 0.2) is 0 Å². The Labute approximate surface area is 195 Å². The van der Waals surface area contributed by atoms with Gasteiger partial charge in [-0.05, 0) is 43.2 Å². The number of amides is 3. The van der Waals surface area contributed by atoms with E-state index < -0.39 is 0 Å². The molecule has 4 rings (SSSR count). The van der Waals surface area contributed by atoms with Gasteiger partial charge >= 0.3 is 0 Å². The average Bonchev–Trinajstić information content (AvgIpc) is 3.40. The van der Waals surface area contributed by atoms with Gasteiger partial charge in [-0.3, -0.25) is 14.4 Å². The van der Waals surface area contributed by atoms with Crippen molar-refractivity contribution in [3.63, 3.8) is 0 Å². The lowest BCUT2D eigenvalue weighted by Crippen LogP contribution is -2.33. The normalized spacial score (nSPS) is 14.3. The monoisotopic (exact) mass is 472 g/mol. The Morgan fingerprint density at radius 3 is 2.50 bits per heavy atom. The van der Waals surface area contributed by atoms with Crippen LogP contribution in [0.15, 0.2) is 30.3 Å². The Morgan fingerprint density at radius 2 is 1.84 bits per heavy atom. The first-order chi connectivity index (χ1) is 15.4. The number of rotatable bonds is 5. The quantitative estimate of drug-likeness (QED) is 0.485. The lowest BCUT2D eigenvalue weighted by molar-refractivity contribution is -0.123. The van der Waals surface area contributed by atoms with Gasteiger partial charge in [0, 0.05) is 36.6 Å². The summed E-state index contributed by atoms with van der Waals surface area (Å²) in [5, 5.41) is 6.06. The highest BCUT2D eigenvalue weighted by Crippen LogP contribution is 2.32. The Morgan fingerprint density at radius 1 is 1.09 bits per heavy atom. The molecule has 0 radical (unpaired) electrons. The smallest absolute Gasteiger partial charge is 0.266 e. The van der Waals surface area contributed by atoms with E-state index >= 15 is 0 Å². The summed E-state index contributed by atoms with van der Waals surface area (Å²) >= 11 is 7.10. The first-order valence-electron chi connectivity index (χ1n) is 10.6. The number of H-pyrrole nitrogens is 1. The fourth-order valence-electron chi connectivity index (χ4n) is 4.21. The molecule has 32 heavy (non-hydrogen) atoms. The maximum Gasteiger partial charge on any atom is 0.266 e. The number of benzene rings is 1. The van der Waals surface area contributed by atoms with Gasteiger partial charge in [-0.1, -0.05) is 30.9 Å². The van der Waals surface area contributed by atoms with E-state index in [-0.39, 0.29) is 23.6 Å². The highest BCUT2D eigenvalue weighted by atomic mass is 35.5. The summed E-state index contributed by atoms with van der Waals surface area (Å²) in [6, 6.07) is 8.74. The molecule has 2 heterocycles. The SMILES string of the molecule is CNC(=O)c1c(NC(=O)c2ccc(Cl)s2)[nH]c2cc(N(C)C(=O)C3CCCCC3)ccc12. The Bertz CT molecular complexity index is 1180. The van der Waals surface area contributed by atoms with Crippen molar-refractivity contribution in [2.24, 2.45) is 5.92 Å². The van der Waals surface area contributed by atoms with Crippen LogP contribution in [0, 0.1) is 5.92 Å². The molecular weight excluding hydrogens is 448 g/mol. The number of thiophene rings is 1. The minimum atomic E-state index is -0.358. The van der Waals surface area contributed by atoms with Crippen molar-refractivity contribution in [2.75, 3.05) is 24.3 Å². The van der Waals surface area contributed by atoms with E-state index in [0.29, 0.717) is 31.5 Å². The molecule has 2 aromatic heterocycles. The summed E-state index contributed by atoms with van der Waals surface area (Å²) in [4.78, 5) is 43.5. The lowest BCUT2D eigenvalue weighted by Gasteiger charge is -2.26. The zero-order valence-corrected chi connectivity index (χ0v) is 19.5. The van der Waals surface area contributed by atoms with E-state index in [2.05, 4.69) is 15.6 Å². The standard InChI is InChI=1S/C23H25ClN4O3S/c1-25-22(30)19-15-9-8-14(28(2)23(31)13-6-4-3-5-7-13)12-16(15)26-20(19)27-21(29)17-10-11-18(24)32-17/h8-13,26H,3-7H2,1-2H3,(H,25,30)(H,27,29). The molecule has 168 valence electrons. The highest BCUT2D eigenvalue weighted by Gasteiger charge is 2.26. The van der Waals surface area contributed by atoms with Crippen molar-refractivity contribution in [1.29, 1.82) is 0 Å². The van der Waals surface area contributed by atoms with Crippen LogP contribution < -0.4 is 15.5 Å². The number of halogens is 1. The number of aromatic amines is 1. The van der Waals surface area contributed by atoms with Gasteiger partial charge in [-0.15, -0.1) is 11.3 Å². The second-order valence-electron chi connectivity index (χ2n) is 7.97. The summed E-state index contributed by atoms with van der Waals surface area (Å²) in [5.74, 6) is -0.210. The third-order valence-electron chi connectivity index (χ3n) is 5.94. The number of anilines is 2. The first kappa shape index (κ1) is 22.4. The number of carbonyl (C=O) groups excluding carboxylic acids is 3. The van der Waals surface area contributed by atoms with E-state index in [0.717, 1.165) is 42.7 Å².